The van der Waals surface area contributed by atoms with Crippen molar-refractivity contribution in [3.05, 3.63) is 39.7 Å². The average Bonchev–Trinajstić information content (AvgIpc) is 2.73. The van der Waals surface area contributed by atoms with Crippen LogP contribution in [0.5, 0.6) is 11.6 Å². The molecule has 0 bridgehead atoms. The summed E-state index contributed by atoms with van der Waals surface area (Å²) in [4.78, 5) is 12.2. The molecule has 0 amide bonds. The minimum atomic E-state index is -4.19. The third-order valence-corrected chi connectivity index (χ3v) is 6.17. The number of halogens is 1. The van der Waals surface area contributed by atoms with Crippen LogP contribution in [0.4, 0.5) is 11.4 Å². The van der Waals surface area contributed by atoms with E-state index < -0.39 is 32.8 Å². The van der Waals surface area contributed by atoms with Gasteiger partial charge in [-0.25, -0.2) is 8.42 Å². The van der Waals surface area contributed by atoms with Crippen molar-refractivity contribution in [3.63, 3.8) is 0 Å². The van der Waals surface area contributed by atoms with E-state index >= 15 is 0 Å². The van der Waals surface area contributed by atoms with Gasteiger partial charge in [-0.05, 0) is 45.4 Å². The first kappa shape index (κ1) is 25.3. The van der Waals surface area contributed by atoms with Crippen LogP contribution in [0, 0.1) is 18.3 Å². The number of methoxy groups -OCH3 is 1. The predicted octanol–water partition coefficient (Wildman–Crippen LogP) is 4.42. The summed E-state index contributed by atoms with van der Waals surface area (Å²) in [7, 11) is 2.72. The molecule has 12 heteroatoms. The van der Waals surface area contributed by atoms with Gasteiger partial charge in [-0.1, -0.05) is 6.92 Å². The molecule has 0 spiro atoms. The summed E-state index contributed by atoms with van der Waals surface area (Å²) >= 11 is 0. The summed E-state index contributed by atoms with van der Waals surface area (Å²) < 4.78 is 35.4. The maximum atomic E-state index is 12.6. The average molecular weight is 483 g/mol. The molecule has 0 aliphatic rings. The van der Waals surface area contributed by atoms with E-state index in [1.54, 1.807) is 13.8 Å². The lowest BCUT2D eigenvalue weighted by atomic mass is 10.1. The summed E-state index contributed by atoms with van der Waals surface area (Å²) in [6.07, 6.45) is -0.207. The summed E-state index contributed by atoms with van der Waals surface area (Å²) in [5.74, 6) is -0.479. The topological polar surface area (TPSA) is 143 Å². The number of azo groups is 1. The fourth-order valence-corrected chi connectivity index (χ4v) is 3.78. The van der Waals surface area contributed by atoms with Crippen LogP contribution in [0.15, 0.2) is 38.1 Å². The van der Waals surface area contributed by atoms with Gasteiger partial charge in [0, 0.05) is 29.4 Å². The van der Waals surface area contributed by atoms with Gasteiger partial charge in [0.2, 0.25) is 5.88 Å². The molecule has 32 heavy (non-hydrogen) atoms. The normalized spacial score (nSPS) is 13.7. The standard InChI is InChI=1S/C20H23ClN4O6S/c1-6-11(2)25-19(26)15(10-22)12(3)18(20(25)27)24-23-14-7-8-16(31-13(4)30-5)17(9-14)32(21,28)29/h7-9,11,13,27H,6H2,1-5H3/b24-23+. The van der Waals surface area contributed by atoms with Gasteiger partial charge in [0.05, 0.1) is 5.69 Å². The highest BCUT2D eigenvalue weighted by atomic mass is 35.7. The molecule has 0 saturated carbocycles. The van der Waals surface area contributed by atoms with Crippen LogP contribution >= 0.6 is 10.7 Å². The Kier molecular flexibility index (Phi) is 8.01. The van der Waals surface area contributed by atoms with E-state index in [2.05, 4.69) is 10.2 Å². The Balaban J connectivity index is 2.63. The third-order valence-electron chi connectivity index (χ3n) is 4.83. The SMILES string of the molecule is CCC(C)n1c(O)c(/N=N/c2ccc(OC(C)OC)c(S(=O)(=O)Cl)c2)c(C)c(C#N)c1=O. The van der Waals surface area contributed by atoms with Crippen LogP contribution < -0.4 is 10.3 Å². The number of aromatic hydroxyl groups is 1. The molecular weight excluding hydrogens is 460 g/mol. The smallest absolute Gasteiger partial charge is 0.271 e. The molecule has 0 radical (unpaired) electrons. The number of aromatic nitrogens is 1. The first-order valence-corrected chi connectivity index (χ1v) is 11.8. The molecule has 0 saturated heterocycles. The number of pyridine rings is 1. The van der Waals surface area contributed by atoms with Gasteiger partial charge in [-0.3, -0.25) is 9.36 Å². The molecule has 1 aromatic heterocycles. The number of nitriles is 1. The number of ether oxygens (including phenoxy) is 2. The molecule has 2 unspecified atom stereocenters. The van der Waals surface area contributed by atoms with Crippen molar-refractivity contribution < 1.29 is 23.0 Å². The quantitative estimate of drug-likeness (QED) is 0.333. The zero-order valence-corrected chi connectivity index (χ0v) is 19.7. The van der Waals surface area contributed by atoms with E-state index in [-0.39, 0.29) is 33.1 Å². The Labute approximate surface area is 190 Å². The molecule has 0 aliphatic heterocycles. The highest BCUT2D eigenvalue weighted by Crippen LogP contribution is 2.36. The van der Waals surface area contributed by atoms with E-state index in [0.29, 0.717) is 6.42 Å². The summed E-state index contributed by atoms with van der Waals surface area (Å²) in [5.41, 5.74) is -0.638. The van der Waals surface area contributed by atoms with Gasteiger partial charge in [-0.2, -0.15) is 10.4 Å². The van der Waals surface area contributed by atoms with Crippen LogP contribution in [-0.2, 0) is 13.8 Å². The third kappa shape index (κ3) is 5.27. The van der Waals surface area contributed by atoms with Crippen LogP contribution in [0.25, 0.3) is 0 Å². The van der Waals surface area contributed by atoms with Gasteiger partial charge in [0.1, 0.15) is 22.3 Å². The van der Waals surface area contributed by atoms with Crippen molar-refractivity contribution in [1.82, 2.24) is 4.57 Å². The Morgan fingerprint density at radius 3 is 2.50 bits per heavy atom. The van der Waals surface area contributed by atoms with E-state index in [4.69, 9.17) is 20.2 Å². The largest absolute Gasteiger partial charge is 0.493 e. The molecule has 1 N–H and O–H groups in total. The monoisotopic (exact) mass is 482 g/mol. The number of hydrogen-bond acceptors (Lipinski definition) is 9. The number of hydrogen-bond donors (Lipinski definition) is 1. The van der Waals surface area contributed by atoms with Crippen molar-refractivity contribution in [2.24, 2.45) is 10.2 Å². The Bertz CT molecular complexity index is 1250. The van der Waals surface area contributed by atoms with E-state index in [1.165, 1.54) is 26.2 Å². The highest BCUT2D eigenvalue weighted by Gasteiger charge is 2.22. The molecule has 2 atom stereocenters. The predicted molar refractivity (Wildman–Crippen MR) is 118 cm³/mol. The molecule has 1 heterocycles. The first-order chi connectivity index (χ1) is 15.0. The molecule has 172 valence electrons. The number of rotatable bonds is 8. The Morgan fingerprint density at radius 2 is 1.97 bits per heavy atom. The summed E-state index contributed by atoms with van der Waals surface area (Å²) in [5, 5.41) is 28.0. The molecule has 0 aliphatic carbocycles. The fourth-order valence-electron chi connectivity index (χ4n) is 2.80. The second-order valence-corrected chi connectivity index (χ2v) is 9.44. The van der Waals surface area contributed by atoms with Crippen LogP contribution in [0.3, 0.4) is 0 Å². The maximum Gasteiger partial charge on any atom is 0.271 e. The Morgan fingerprint density at radius 1 is 1.31 bits per heavy atom. The van der Waals surface area contributed by atoms with Gasteiger partial charge < -0.3 is 14.6 Å². The zero-order valence-electron chi connectivity index (χ0n) is 18.2. The second-order valence-electron chi connectivity index (χ2n) is 6.91. The van der Waals surface area contributed by atoms with Crippen molar-refractivity contribution in [3.8, 4) is 17.7 Å². The van der Waals surface area contributed by atoms with Gasteiger partial charge in [0.15, 0.2) is 12.0 Å². The van der Waals surface area contributed by atoms with E-state index in [0.717, 1.165) is 10.6 Å². The van der Waals surface area contributed by atoms with Crippen molar-refractivity contribution in [2.45, 2.75) is 51.3 Å². The van der Waals surface area contributed by atoms with Gasteiger partial charge in [0.25, 0.3) is 14.6 Å². The molecule has 2 rings (SSSR count). The first-order valence-electron chi connectivity index (χ1n) is 9.54. The number of nitrogens with zero attached hydrogens (tertiary/aromatic N) is 4. The van der Waals surface area contributed by atoms with Crippen LogP contribution in [0.1, 0.15) is 44.4 Å². The van der Waals surface area contributed by atoms with Crippen LogP contribution in [-0.4, -0.2) is 31.5 Å². The lowest BCUT2D eigenvalue weighted by Crippen LogP contribution is -2.26. The van der Waals surface area contributed by atoms with Gasteiger partial charge in [-0.15, -0.1) is 5.11 Å². The van der Waals surface area contributed by atoms with Gasteiger partial charge >= 0.3 is 0 Å². The van der Waals surface area contributed by atoms with Crippen molar-refractivity contribution >= 4 is 31.1 Å². The lowest BCUT2D eigenvalue weighted by molar-refractivity contribution is -0.0399. The molecule has 10 nitrogen and oxygen atoms in total. The minimum absolute atomic E-state index is 0.0376. The van der Waals surface area contributed by atoms with Crippen molar-refractivity contribution in [2.75, 3.05) is 7.11 Å². The van der Waals surface area contributed by atoms with Crippen LogP contribution in [0.2, 0.25) is 0 Å². The Hall–Kier alpha value is -2.94. The van der Waals surface area contributed by atoms with Crippen molar-refractivity contribution in [1.29, 1.82) is 5.26 Å². The molecular formula is C20H23ClN4O6S. The molecule has 2 aromatic rings. The van der Waals surface area contributed by atoms with E-state index in [9.17, 15) is 23.6 Å². The number of benzene rings is 1. The summed E-state index contributed by atoms with van der Waals surface area (Å²) in [6.45, 7) is 6.58. The fraction of sp³-hybridized carbons (Fsp3) is 0.400. The maximum absolute atomic E-state index is 12.6. The zero-order chi connectivity index (χ0) is 24.2. The van der Waals surface area contributed by atoms with E-state index in [1.807, 2.05) is 13.0 Å². The summed E-state index contributed by atoms with van der Waals surface area (Å²) in [6, 6.07) is 5.36. The second kappa shape index (κ2) is 10.1. The molecule has 1 aromatic carbocycles. The minimum Gasteiger partial charge on any atom is -0.493 e. The molecule has 0 fully saturated rings. The lowest BCUT2D eigenvalue weighted by Gasteiger charge is -2.18. The highest BCUT2D eigenvalue weighted by molar-refractivity contribution is 8.13.